The zero-order valence-corrected chi connectivity index (χ0v) is 11.4. The Labute approximate surface area is 124 Å². The fraction of sp³-hybridized carbons (Fsp3) is 0.0667. The van der Waals surface area contributed by atoms with Gasteiger partial charge in [-0.2, -0.15) is 0 Å². The summed E-state index contributed by atoms with van der Waals surface area (Å²) in [7, 11) is 0. The highest BCUT2D eigenvalue weighted by Gasteiger charge is 2.28. The van der Waals surface area contributed by atoms with Gasteiger partial charge < -0.3 is 4.98 Å². The lowest BCUT2D eigenvalue weighted by molar-refractivity contribution is -0.390. The molecule has 1 heterocycles. The zero-order valence-electron chi connectivity index (χ0n) is 11.4. The van der Waals surface area contributed by atoms with Gasteiger partial charge in [0.15, 0.2) is 5.39 Å². The van der Waals surface area contributed by atoms with Crippen molar-refractivity contribution in [2.24, 2.45) is 0 Å². The van der Waals surface area contributed by atoms with Gasteiger partial charge in [0, 0.05) is 12.5 Å². The summed E-state index contributed by atoms with van der Waals surface area (Å²) >= 11 is 0. The minimum atomic E-state index is -0.602. The lowest BCUT2D eigenvalue weighted by Crippen LogP contribution is -1.96. The van der Waals surface area contributed by atoms with Crippen LogP contribution in [0.1, 0.15) is 11.3 Å². The molecule has 0 amide bonds. The number of hydrogen-bond acceptors (Lipinski definition) is 4. The van der Waals surface area contributed by atoms with Gasteiger partial charge in [-0.3, -0.25) is 20.2 Å². The van der Waals surface area contributed by atoms with Crippen molar-refractivity contribution in [1.82, 2.24) is 4.98 Å². The third-order valence-corrected chi connectivity index (χ3v) is 3.45. The molecule has 0 bridgehead atoms. The number of non-ortho nitro benzene ring substituents is 1. The monoisotopic (exact) mass is 297 g/mol. The van der Waals surface area contributed by atoms with Crippen molar-refractivity contribution in [2.75, 3.05) is 0 Å². The van der Waals surface area contributed by atoms with E-state index in [1.54, 1.807) is 6.07 Å². The lowest BCUT2D eigenvalue weighted by Gasteiger charge is -1.99. The van der Waals surface area contributed by atoms with Gasteiger partial charge in [0.05, 0.1) is 21.1 Å². The summed E-state index contributed by atoms with van der Waals surface area (Å²) in [6.45, 7) is 0. The highest BCUT2D eigenvalue weighted by atomic mass is 16.6. The molecule has 0 radical (unpaired) electrons. The smallest absolute Gasteiger partial charge is 0.305 e. The summed E-state index contributed by atoms with van der Waals surface area (Å²) in [5.74, 6) is 0. The maximum absolute atomic E-state index is 11.4. The van der Waals surface area contributed by atoms with E-state index in [0.29, 0.717) is 17.6 Å². The molecule has 0 unspecified atom stereocenters. The van der Waals surface area contributed by atoms with E-state index in [9.17, 15) is 20.2 Å². The predicted molar refractivity (Wildman–Crippen MR) is 80.9 cm³/mol. The van der Waals surface area contributed by atoms with E-state index in [1.807, 2.05) is 30.3 Å². The topological polar surface area (TPSA) is 102 Å². The van der Waals surface area contributed by atoms with E-state index in [0.717, 1.165) is 5.56 Å². The number of nitrogens with zero attached hydrogens (tertiary/aromatic N) is 2. The highest BCUT2D eigenvalue weighted by molar-refractivity contribution is 5.98. The number of aromatic nitrogens is 1. The van der Waals surface area contributed by atoms with Crippen LogP contribution in [-0.2, 0) is 6.42 Å². The summed E-state index contributed by atoms with van der Waals surface area (Å²) in [5, 5.41) is 22.6. The molecule has 0 fully saturated rings. The van der Waals surface area contributed by atoms with Crippen LogP contribution in [0.15, 0.2) is 48.5 Å². The van der Waals surface area contributed by atoms with Crippen molar-refractivity contribution in [3.63, 3.8) is 0 Å². The predicted octanol–water partition coefficient (Wildman–Crippen LogP) is 3.58. The molecule has 1 aromatic heterocycles. The first-order chi connectivity index (χ1) is 10.6. The first kappa shape index (κ1) is 13.7. The molecule has 0 saturated carbocycles. The summed E-state index contributed by atoms with van der Waals surface area (Å²) in [5.41, 5.74) is 1.15. The molecular formula is C15H11N3O4. The number of benzene rings is 2. The van der Waals surface area contributed by atoms with E-state index in [-0.39, 0.29) is 16.8 Å². The van der Waals surface area contributed by atoms with Gasteiger partial charge in [-0.25, -0.2) is 0 Å². The van der Waals surface area contributed by atoms with Crippen LogP contribution in [0.25, 0.3) is 10.9 Å². The van der Waals surface area contributed by atoms with Crippen LogP contribution < -0.4 is 0 Å². The Morgan fingerprint density at radius 3 is 2.27 bits per heavy atom. The number of rotatable bonds is 4. The van der Waals surface area contributed by atoms with Crippen molar-refractivity contribution >= 4 is 22.3 Å². The first-order valence-corrected chi connectivity index (χ1v) is 6.54. The summed E-state index contributed by atoms with van der Waals surface area (Å²) in [6.07, 6.45) is 0.309. The van der Waals surface area contributed by atoms with Crippen LogP contribution in [0.4, 0.5) is 11.4 Å². The van der Waals surface area contributed by atoms with Crippen molar-refractivity contribution in [3.05, 3.63) is 80.0 Å². The molecule has 22 heavy (non-hydrogen) atoms. The van der Waals surface area contributed by atoms with Crippen LogP contribution >= 0.6 is 0 Å². The number of nitro benzene ring substituents is 1. The van der Waals surface area contributed by atoms with Gasteiger partial charge in [-0.1, -0.05) is 36.4 Å². The quantitative estimate of drug-likeness (QED) is 0.587. The maximum Gasteiger partial charge on any atom is 0.305 e. The average molecular weight is 297 g/mol. The molecule has 3 aromatic rings. The molecule has 0 atom stereocenters. The SMILES string of the molecule is O=[N+]([O-])c1cccc2[nH]c(Cc3ccccc3)c([N+](=O)[O-])c12. The zero-order chi connectivity index (χ0) is 15.7. The highest BCUT2D eigenvalue weighted by Crippen LogP contribution is 2.37. The van der Waals surface area contributed by atoms with Gasteiger partial charge in [-0.05, 0) is 11.6 Å². The molecule has 1 N–H and O–H groups in total. The van der Waals surface area contributed by atoms with Gasteiger partial charge in [0.1, 0.15) is 0 Å². The van der Waals surface area contributed by atoms with Crippen molar-refractivity contribution < 1.29 is 9.85 Å². The number of fused-ring (bicyclic) bond motifs is 1. The largest absolute Gasteiger partial charge is 0.352 e. The normalized spacial score (nSPS) is 10.7. The van der Waals surface area contributed by atoms with Crippen molar-refractivity contribution in [3.8, 4) is 0 Å². The van der Waals surface area contributed by atoms with Crippen molar-refractivity contribution in [1.29, 1.82) is 0 Å². The first-order valence-electron chi connectivity index (χ1n) is 6.54. The summed E-state index contributed by atoms with van der Waals surface area (Å²) in [4.78, 5) is 24.3. The molecular weight excluding hydrogens is 286 g/mol. The standard InChI is InChI=1S/C15H11N3O4/c19-17(20)13-8-4-7-11-14(13)15(18(21)22)12(16-11)9-10-5-2-1-3-6-10/h1-8,16H,9H2. The second kappa shape index (κ2) is 5.28. The van der Waals surface area contributed by atoms with Gasteiger partial charge in [0.25, 0.3) is 5.69 Å². The van der Waals surface area contributed by atoms with Gasteiger partial charge >= 0.3 is 5.69 Å². The maximum atomic E-state index is 11.4. The molecule has 0 aliphatic rings. The van der Waals surface area contributed by atoms with Gasteiger partial charge in [-0.15, -0.1) is 0 Å². The summed E-state index contributed by atoms with van der Waals surface area (Å²) < 4.78 is 0. The second-order valence-electron chi connectivity index (χ2n) is 4.83. The van der Waals surface area contributed by atoms with Crippen LogP contribution in [-0.4, -0.2) is 14.8 Å². The molecule has 7 heteroatoms. The van der Waals surface area contributed by atoms with Crippen molar-refractivity contribution in [2.45, 2.75) is 6.42 Å². The summed E-state index contributed by atoms with van der Waals surface area (Å²) in [6, 6.07) is 13.6. The molecule has 3 rings (SSSR count). The number of H-pyrrole nitrogens is 1. The molecule has 7 nitrogen and oxygen atoms in total. The Morgan fingerprint density at radius 2 is 1.64 bits per heavy atom. The second-order valence-corrected chi connectivity index (χ2v) is 4.83. The third kappa shape index (κ3) is 2.28. The Kier molecular flexibility index (Phi) is 3.30. The average Bonchev–Trinajstić information content (AvgIpc) is 2.85. The third-order valence-electron chi connectivity index (χ3n) is 3.45. The molecule has 0 aliphatic carbocycles. The number of hydrogen-bond donors (Lipinski definition) is 1. The molecule has 0 aliphatic heterocycles. The molecule has 0 saturated heterocycles. The Hall–Kier alpha value is -3.22. The Morgan fingerprint density at radius 1 is 0.909 bits per heavy atom. The van der Waals surface area contributed by atoms with E-state index < -0.39 is 9.85 Å². The molecule has 2 aromatic carbocycles. The van der Waals surface area contributed by atoms with Gasteiger partial charge in [0.2, 0.25) is 0 Å². The van der Waals surface area contributed by atoms with E-state index in [4.69, 9.17) is 0 Å². The molecule has 110 valence electrons. The van der Waals surface area contributed by atoms with E-state index >= 15 is 0 Å². The van der Waals surface area contributed by atoms with Crippen LogP contribution in [0, 0.1) is 20.2 Å². The fourth-order valence-corrected chi connectivity index (χ4v) is 2.55. The van der Waals surface area contributed by atoms with Crippen LogP contribution in [0.5, 0.6) is 0 Å². The lowest BCUT2D eigenvalue weighted by atomic mass is 10.1. The van der Waals surface area contributed by atoms with Crippen LogP contribution in [0.2, 0.25) is 0 Å². The van der Waals surface area contributed by atoms with E-state index in [1.165, 1.54) is 12.1 Å². The molecule has 0 spiro atoms. The number of nitro groups is 2. The number of aromatic amines is 1. The van der Waals surface area contributed by atoms with E-state index in [2.05, 4.69) is 4.98 Å². The van der Waals surface area contributed by atoms with Crippen LogP contribution in [0.3, 0.4) is 0 Å². The fourth-order valence-electron chi connectivity index (χ4n) is 2.55. The Bertz CT molecular complexity index is 871. The minimum absolute atomic E-state index is 0.0448. The Balaban J connectivity index is 2.23. The minimum Gasteiger partial charge on any atom is -0.352 e. The number of nitrogens with one attached hydrogen (secondary N) is 1.